The number of halogens is 1. The number of fused-ring (bicyclic) bond motifs is 1. The number of pyridine rings is 1. The quantitative estimate of drug-likeness (QED) is 0.227. The molecule has 9 nitrogen and oxygen atoms in total. The van der Waals surface area contributed by atoms with Crippen LogP contribution >= 0.6 is 0 Å². The Morgan fingerprint density at radius 3 is 2.15 bits per heavy atom. The second kappa shape index (κ2) is 12.5. The van der Waals surface area contributed by atoms with E-state index in [-0.39, 0.29) is 23.0 Å². The number of amides is 2. The van der Waals surface area contributed by atoms with Crippen LogP contribution in [0.2, 0.25) is 0 Å². The molecule has 2 N–H and O–H groups in total. The van der Waals surface area contributed by atoms with Crippen molar-refractivity contribution >= 4 is 34.6 Å². The number of benzene rings is 3. The van der Waals surface area contributed by atoms with E-state index in [4.69, 9.17) is 18.9 Å². The molecule has 0 bridgehead atoms. The molecule has 1 aliphatic carbocycles. The van der Waals surface area contributed by atoms with Gasteiger partial charge in [-0.3, -0.25) is 14.6 Å². The molecule has 3 aromatic carbocycles. The summed E-state index contributed by atoms with van der Waals surface area (Å²) in [5.41, 5.74) is 1.80. The van der Waals surface area contributed by atoms with Crippen molar-refractivity contribution in [3.05, 3.63) is 72.7 Å². The van der Waals surface area contributed by atoms with Crippen LogP contribution in [0, 0.1) is 17.2 Å². The number of nitrogens with one attached hydrogen (secondary N) is 2. The summed E-state index contributed by atoms with van der Waals surface area (Å²) >= 11 is 0. The number of carbonyl (C=O) groups is 2. The fourth-order valence-electron chi connectivity index (χ4n) is 4.22. The second-order valence-electron chi connectivity index (χ2n) is 10.0. The van der Waals surface area contributed by atoms with Crippen molar-refractivity contribution < 1.29 is 32.9 Å². The highest BCUT2D eigenvalue weighted by Gasteiger charge is 2.50. The molecule has 1 atom stereocenters. The SMILES string of the molecule is COc1cc2nccc(Oc3ccc(NC(=O)[C@H]4CC4(C)C)cc3F)c2cc1OC.COc1ccc(NC=O)cc1. The first-order valence-corrected chi connectivity index (χ1v) is 12.8. The van der Waals surface area contributed by atoms with E-state index >= 15 is 0 Å². The Morgan fingerprint density at radius 2 is 1.56 bits per heavy atom. The molecule has 0 aliphatic heterocycles. The monoisotopic (exact) mass is 561 g/mol. The molecule has 1 heterocycles. The van der Waals surface area contributed by atoms with Crippen molar-refractivity contribution in [2.75, 3.05) is 32.0 Å². The highest BCUT2D eigenvalue weighted by atomic mass is 19.1. The van der Waals surface area contributed by atoms with E-state index in [9.17, 15) is 14.0 Å². The standard InChI is InChI=1S/C23H23FN2O4.C8H9NO2/c1-23(2)12-15(23)22(27)26-13-5-6-19(16(24)9-13)30-18-7-8-25-17-11-21(29-4)20(28-3)10-14(17)18;1-11-8-4-2-7(3-5-8)9-6-10/h5-11,15H,12H2,1-4H3,(H,26,27);2-6H,1H3,(H,9,10)/t15-;/m1./s1. The molecule has 4 aromatic rings. The van der Waals surface area contributed by atoms with Crippen LogP contribution in [-0.2, 0) is 9.59 Å². The van der Waals surface area contributed by atoms with Gasteiger partial charge < -0.3 is 29.6 Å². The van der Waals surface area contributed by atoms with Gasteiger partial charge in [0.05, 0.1) is 26.8 Å². The Hall–Kier alpha value is -4.86. The molecule has 1 aromatic heterocycles. The minimum absolute atomic E-state index is 0.0117. The van der Waals surface area contributed by atoms with Crippen molar-refractivity contribution in [2.24, 2.45) is 11.3 Å². The highest BCUT2D eigenvalue weighted by molar-refractivity contribution is 5.95. The maximum absolute atomic E-state index is 14.7. The topological polar surface area (TPSA) is 108 Å². The van der Waals surface area contributed by atoms with Gasteiger partial charge in [-0.1, -0.05) is 13.8 Å². The number of ether oxygens (including phenoxy) is 4. The lowest BCUT2D eigenvalue weighted by Crippen LogP contribution is -2.16. The van der Waals surface area contributed by atoms with Crippen LogP contribution < -0.4 is 29.6 Å². The van der Waals surface area contributed by atoms with E-state index in [1.807, 2.05) is 13.8 Å². The number of nitrogens with zero attached hydrogens (tertiary/aromatic N) is 1. The number of methoxy groups -OCH3 is 3. The molecule has 1 aliphatic rings. The van der Waals surface area contributed by atoms with Gasteiger partial charge in [0.2, 0.25) is 12.3 Å². The van der Waals surface area contributed by atoms with Crippen molar-refractivity contribution in [3.63, 3.8) is 0 Å². The molecular weight excluding hydrogens is 529 g/mol. The van der Waals surface area contributed by atoms with Crippen LogP contribution in [0.3, 0.4) is 0 Å². The van der Waals surface area contributed by atoms with Crippen molar-refractivity contribution in [3.8, 4) is 28.7 Å². The Labute approximate surface area is 237 Å². The molecule has 2 amide bonds. The molecule has 0 unspecified atom stereocenters. The van der Waals surface area contributed by atoms with Crippen LogP contribution in [0.5, 0.6) is 28.7 Å². The number of carbonyl (C=O) groups excluding carboxylic acids is 2. The summed E-state index contributed by atoms with van der Waals surface area (Å²) in [5.74, 6) is 1.61. The lowest BCUT2D eigenvalue weighted by Gasteiger charge is -2.13. The Bertz CT molecular complexity index is 1540. The summed E-state index contributed by atoms with van der Waals surface area (Å²) in [6.07, 6.45) is 3.06. The maximum Gasteiger partial charge on any atom is 0.228 e. The first-order chi connectivity index (χ1) is 19.7. The van der Waals surface area contributed by atoms with E-state index in [1.54, 1.807) is 68.9 Å². The molecule has 0 spiro atoms. The van der Waals surface area contributed by atoms with Gasteiger partial charge >= 0.3 is 0 Å². The summed E-state index contributed by atoms with van der Waals surface area (Å²) in [6, 6.07) is 16.6. The van der Waals surface area contributed by atoms with E-state index in [0.29, 0.717) is 40.2 Å². The zero-order chi connectivity index (χ0) is 29.6. The zero-order valence-electron chi connectivity index (χ0n) is 23.5. The van der Waals surface area contributed by atoms with Crippen LogP contribution in [0.1, 0.15) is 20.3 Å². The summed E-state index contributed by atoms with van der Waals surface area (Å²) in [5, 5.41) is 5.95. The van der Waals surface area contributed by atoms with E-state index in [0.717, 1.165) is 17.9 Å². The van der Waals surface area contributed by atoms with Crippen molar-refractivity contribution in [2.45, 2.75) is 20.3 Å². The third-order valence-corrected chi connectivity index (χ3v) is 6.77. The molecule has 5 rings (SSSR count). The Balaban J connectivity index is 0.000000296. The molecular formula is C31H32FN3O6. The average molecular weight is 562 g/mol. The highest BCUT2D eigenvalue weighted by Crippen LogP contribution is 2.52. The van der Waals surface area contributed by atoms with Crippen LogP contribution in [0.25, 0.3) is 10.9 Å². The number of anilines is 2. The number of hydrogen-bond acceptors (Lipinski definition) is 7. The fourth-order valence-corrected chi connectivity index (χ4v) is 4.22. The van der Waals surface area contributed by atoms with Gasteiger partial charge in [0.25, 0.3) is 0 Å². The molecule has 10 heteroatoms. The molecule has 0 saturated heterocycles. The zero-order valence-corrected chi connectivity index (χ0v) is 23.5. The van der Waals surface area contributed by atoms with Gasteiger partial charge in [-0.2, -0.15) is 0 Å². The fraction of sp³-hybridized carbons (Fsp3) is 0.258. The summed E-state index contributed by atoms with van der Waals surface area (Å²) in [6.45, 7) is 4.08. The average Bonchev–Trinajstić information content (AvgIpc) is 3.62. The lowest BCUT2D eigenvalue weighted by atomic mass is 10.1. The third kappa shape index (κ3) is 7.02. The largest absolute Gasteiger partial charge is 0.497 e. The third-order valence-electron chi connectivity index (χ3n) is 6.77. The number of rotatable bonds is 9. The van der Waals surface area contributed by atoms with Gasteiger partial charge in [-0.05, 0) is 60.4 Å². The predicted molar refractivity (Wildman–Crippen MR) is 155 cm³/mol. The van der Waals surface area contributed by atoms with Gasteiger partial charge in [-0.25, -0.2) is 4.39 Å². The maximum atomic E-state index is 14.7. The van der Waals surface area contributed by atoms with Crippen molar-refractivity contribution in [1.82, 2.24) is 4.98 Å². The van der Waals surface area contributed by atoms with E-state index < -0.39 is 5.82 Å². The lowest BCUT2D eigenvalue weighted by molar-refractivity contribution is -0.118. The van der Waals surface area contributed by atoms with Crippen LogP contribution in [0.15, 0.2) is 66.9 Å². The number of aromatic nitrogens is 1. The Kier molecular flexibility index (Phi) is 8.91. The molecule has 1 saturated carbocycles. The molecule has 41 heavy (non-hydrogen) atoms. The molecule has 1 fully saturated rings. The predicted octanol–water partition coefficient (Wildman–Crippen LogP) is 6.43. The first-order valence-electron chi connectivity index (χ1n) is 12.8. The summed E-state index contributed by atoms with van der Waals surface area (Å²) < 4.78 is 36.1. The van der Waals surface area contributed by atoms with E-state index in [1.165, 1.54) is 19.2 Å². The molecule has 214 valence electrons. The van der Waals surface area contributed by atoms with Gasteiger partial charge in [0, 0.05) is 41.0 Å². The van der Waals surface area contributed by atoms with Gasteiger partial charge in [-0.15, -0.1) is 0 Å². The second-order valence-corrected chi connectivity index (χ2v) is 10.0. The first kappa shape index (κ1) is 29.1. The van der Waals surface area contributed by atoms with Gasteiger partial charge in [0.1, 0.15) is 11.5 Å². The van der Waals surface area contributed by atoms with Crippen molar-refractivity contribution in [1.29, 1.82) is 0 Å². The molecule has 0 radical (unpaired) electrons. The summed E-state index contributed by atoms with van der Waals surface area (Å²) in [4.78, 5) is 26.5. The summed E-state index contributed by atoms with van der Waals surface area (Å²) in [7, 11) is 4.68. The number of hydrogen-bond donors (Lipinski definition) is 2. The van der Waals surface area contributed by atoms with Gasteiger partial charge in [0.15, 0.2) is 23.1 Å². The van der Waals surface area contributed by atoms with E-state index in [2.05, 4.69) is 15.6 Å². The minimum atomic E-state index is -0.576. The normalized spacial score (nSPS) is 14.6. The smallest absolute Gasteiger partial charge is 0.228 e. The minimum Gasteiger partial charge on any atom is -0.497 e. The van der Waals surface area contributed by atoms with Crippen LogP contribution in [0.4, 0.5) is 15.8 Å². The Morgan fingerprint density at radius 1 is 0.902 bits per heavy atom. The van der Waals surface area contributed by atoms with Crippen LogP contribution in [-0.4, -0.2) is 38.6 Å².